The smallest absolute Gasteiger partial charge is 0.333 e. The summed E-state index contributed by atoms with van der Waals surface area (Å²) >= 11 is 0. The number of nitrogens with zero attached hydrogens (tertiary/aromatic N) is 4. The minimum absolute atomic E-state index is 0.264. The SMILES string of the molecule is Cn1cnc2c1c(=O)n(CC(=O)OC(C)(C)C)c(=O)n2C. The first-order valence-corrected chi connectivity index (χ1v) is 6.44. The van der Waals surface area contributed by atoms with Crippen LogP contribution in [0, 0.1) is 0 Å². The van der Waals surface area contributed by atoms with Crippen LogP contribution in [0.1, 0.15) is 20.8 Å². The van der Waals surface area contributed by atoms with Crippen LogP contribution in [-0.4, -0.2) is 30.3 Å². The topological polar surface area (TPSA) is 88.1 Å². The lowest BCUT2D eigenvalue weighted by Crippen LogP contribution is -2.42. The standard InChI is InChI=1S/C13H18N4O4/c1-13(2,3)21-8(18)6-17-11(19)9-10(14-7-15(9)4)16(5)12(17)20/h7H,6H2,1-5H3. The van der Waals surface area contributed by atoms with E-state index in [4.69, 9.17) is 4.74 Å². The Labute approximate surface area is 120 Å². The predicted molar refractivity (Wildman–Crippen MR) is 76.1 cm³/mol. The largest absolute Gasteiger partial charge is 0.459 e. The van der Waals surface area contributed by atoms with E-state index < -0.39 is 29.4 Å². The Kier molecular flexibility index (Phi) is 3.48. The molecular formula is C13H18N4O4. The lowest BCUT2D eigenvalue weighted by atomic mass is 10.2. The van der Waals surface area contributed by atoms with Crippen molar-refractivity contribution in [2.24, 2.45) is 14.1 Å². The summed E-state index contributed by atoms with van der Waals surface area (Å²) in [5.41, 5.74) is -1.28. The molecule has 2 rings (SSSR count). The van der Waals surface area contributed by atoms with Gasteiger partial charge in [0.05, 0.1) is 6.33 Å². The second kappa shape index (κ2) is 4.87. The van der Waals surface area contributed by atoms with Crippen molar-refractivity contribution in [2.75, 3.05) is 0 Å². The van der Waals surface area contributed by atoms with Gasteiger partial charge in [0.25, 0.3) is 5.56 Å². The minimum Gasteiger partial charge on any atom is -0.459 e. The van der Waals surface area contributed by atoms with Gasteiger partial charge in [-0.1, -0.05) is 0 Å². The number of hydrogen-bond acceptors (Lipinski definition) is 5. The molecule has 2 heterocycles. The summed E-state index contributed by atoms with van der Waals surface area (Å²) in [6.07, 6.45) is 1.45. The molecule has 2 aromatic heterocycles. The van der Waals surface area contributed by atoms with Crippen molar-refractivity contribution in [1.82, 2.24) is 18.7 Å². The molecule has 0 saturated carbocycles. The van der Waals surface area contributed by atoms with Crippen molar-refractivity contribution in [3.63, 3.8) is 0 Å². The molecule has 0 aliphatic carbocycles. The third-order valence-corrected chi connectivity index (χ3v) is 2.91. The molecule has 8 heteroatoms. The van der Waals surface area contributed by atoms with Gasteiger partial charge in [0.15, 0.2) is 11.2 Å². The molecule has 0 bridgehead atoms. The summed E-state index contributed by atoms with van der Waals surface area (Å²) in [5, 5.41) is 0. The van der Waals surface area contributed by atoms with Crippen LogP contribution in [0.15, 0.2) is 15.9 Å². The molecule has 0 fully saturated rings. The van der Waals surface area contributed by atoms with Crippen molar-refractivity contribution in [3.05, 3.63) is 27.2 Å². The van der Waals surface area contributed by atoms with Gasteiger partial charge in [-0.2, -0.15) is 0 Å². The molecule has 0 atom stereocenters. The Morgan fingerprint density at radius 3 is 2.48 bits per heavy atom. The maximum absolute atomic E-state index is 12.4. The minimum atomic E-state index is -0.678. The highest BCUT2D eigenvalue weighted by Crippen LogP contribution is 2.07. The highest BCUT2D eigenvalue weighted by atomic mass is 16.6. The fourth-order valence-corrected chi connectivity index (χ4v) is 2.04. The van der Waals surface area contributed by atoms with E-state index in [0.717, 1.165) is 4.57 Å². The number of hydrogen-bond donors (Lipinski definition) is 0. The lowest BCUT2D eigenvalue weighted by molar-refractivity contribution is -0.155. The quantitative estimate of drug-likeness (QED) is 0.714. The summed E-state index contributed by atoms with van der Waals surface area (Å²) in [4.78, 5) is 40.4. The maximum Gasteiger partial charge on any atom is 0.333 e. The normalized spacial score (nSPS) is 11.9. The molecule has 0 saturated heterocycles. The van der Waals surface area contributed by atoms with Crippen LogP contribution < -0.4 is 11.2 Å². The van der Waals surface area contributed by atoms with Crippen molar-refractivity contribution < 1.29 is 9.53 Å². The van der Waals surface area contributed by atoms with Crippen LogP contribution in [0.4, 0.5) is 0 Å². The number of esters is 1. The van der Waals surface area contributed by atoms with Gasteiger partial charge in [0.2, 0.25) is 0 Å². The fraction of sp³-hybridized carbons (Fsp3) is 0.538. The second-order valence-electron chi connectivity index (χ2n) is 5.85. The number of imidazole rings is 1. The monoisotopic (exact) mass is 294 g/mol. The Morgan fingerprint density at radius 1 is 1.29 bits per heavy atom. The molecular weight excluding hydrogens is 276 g/mol. The number of aromatic nitrogens is 4. The molecule has 8 nitrogen and oxygen atoms in total. The van der Waals surface area contributed by atoms with Crippen LogP contribution in [-0.2, 0) is 30.2 Å². The van der Waals surface area contributed by atoms with Gasteiger partial charge in [-0.05, 0) is 20.8 Å². The van der Waals surface area contributed by atoms with E-state index in [1.54, 1.807) is 27.8 Å². The zero-order valence-electron chi connectivity index (χ0n) is 12.7. The summed E-state index contributed by atoms with van der Waals surface area (Å²) in [7, 11) is 3.15. The molecule has 0 amide bonds. The highest BCUT2D eigenvalue weighted by molar-refractivity contribution is 5.72. The molecule has 0 N–H and O–H groups in total. The summed E-state index contributed by atoms with van der Waals surface area (Å²) in [5.74, 6) is -0.636. The maximum atomic E-state index is 12.4. The zero-order valence-corrected chi connectivity index (χ0v) is 12.7. The van der Waals surface area contributed by atoms with Gasteiger partial charge >= 0.3 is 11.7 Å². The van der Waals surface area contributed by atoms with E-state index in [0.29, 0.717) is 0 Å². The molecule has 0 aliphatic heterocycles. The molecule has 0 unspecified atom stereocenters. The third-order valence-electron chi connectivity index (χ3n) is 2.91. The first kappa shape index (κ1) is 15.0. The van der Waals surface area contributed by atoms with Crippen LogP contribution in [0.2, 0.25) is 0 Å². The second-order valence-corrected chi connectivity index (χ2v) is 5.85. The number of carbonyl (C=O) groups is 1. The molecule has 0 radical (unpaired) electrons. The van der Waals surface area contributed by atoms with Crippen LogP contribution in [0.3, 0.4) is 0 Å². The average molecular weight is 294 g/mol. The molecule has 2 aromatic rings. The number of rotatable bonds is 2. The highest BCUT2D eigenvalue weighted by Gasteiger charge is 2.20. The van der Waals surface area contributed by atoms with Gasteiger partial charge < -0.3 is 9.30 Å². The van der Waals surface area contributed by atoms with Crippen LogP contribution in [0.25, 0.3) is 11.2 Å². The molecule has 0 aliphatic rings. The average Bonchev–Trinajstić information content (AvgIpc) is 2.72. The molecule has 114 valence electrons. The first-order chi connectivity index (χ1) is 9.61. The van der Waals surface area contributed by atoms with Gasteiger partial charge in [-0.25, -0.2) is 14.3 Å². The van der Waals surface area contributed by atoms with Crippen LogP contribution in [0.5, 0.6) is 0 Å². The Bertz CT molecular complexity index is 820. The van der Waals surface area contributed by atoms with Gasteiger partial charge in [-0.3, -0.25) is 14.2 Å². The predicted octanol–water partition coefficient (Wildman–Crippen LogP) is -0.225. The Morgan fingerprint density at radius 2 is 1.90 bits per heavy atom. The number of fused-ring (bicyclic) bond motifs is 1. The molecule has 0 spiro atoms. The van der Waals surface area contributed by atoms with E-state index in [-0.39, 0.29) is 11.2 Å². The van der Waals surface area contributed by atoms with E-state index >= 15 is 0 Å². The van der Waals surface area contributed by atoms with Gasteiger partial charge in [0.1, 0.15) is 12.1 Å². The van der Waals surface area contributed by atoms with Gasteiger partial charge in [0, 0.05) is 14.1 Å². The number of carbonyl (C=O) groups excluding carboxylic acids is 1. The van der Waals surface area contributed by atoms with E-state index in [9.17, 15) is 14.4 Å². The number of aryl methyl sites for hydroxylation is 2. The van der Waals surface area contributed by atoms with Crippen molar-refractivity contribution in [2.45, 2.75) is 32.9 Å². The van der Waals surface area contributed by atoms with E-state index in [1.807, 2.05) is 0 Å². The molecule has 0 aromatic carbocycles. The van der Waals surface area contributed by atoms with Crippen molar-refractivity contribution >= 4 is 17.1 Å². The Balaban J connectivity index is 2.55. The number of ether oxygens (including phenoxy) is 1. The summed E-state index contributed by atoms with van der Waals surface area (Å²) in [6, 6.07) is 0. The summed E-state index contributed by atoms with van der Waals surface area (Å²) in [6.45, 7) is 4.73. The first-order valence-electron chi connectivity index (χ1n) is 6.44. The van der Waals surface area contributed by atoms with E-state index in [2.05, 4.69) is 4.98 Å². The summed E-state index contributed by atoms with van der Waals surface area (Å²) < 4.78 is 8.76. The molecule has 21 heavy (non-hydrogen) atoms. The zero-order chi connectivity index (χ0) is 15.9. The third kappa shape index (κ3) is 2.74. The lowest BCUT2D eigenvalue weighted by Gasteiger charge is -2.19. The Hall–Kier alpha value is -2.38. The van der Waals surface area contributed by atoms with Gasteiger partial charge in [-0.15, -0.1) is 0 Å². The van der Waals surface area contributed by atoms with Crippen molar-refractivity contribution in [1.29, 1.82) is 0 Å². The van der Waals surface area contributed by atoms with Crippen molar-refractivity contribution in [3.8, 4) is 0 Å². The van der Waals surface area contributed by atoms with E-state index in [1.165, 1.54) is 22.5 Å². The van der Waals surface area contributed by atoms with Crippen LogP contribution >= 0.6 is 0 Å². The fourth-order valence-electron chi connectivity index (χ4n) is 2.04.